The van der Waals surface area contributed by atoms with Crippen molar-refractivity contribution in [1.29, 1.82) is 0 Å². The summed E-state index contributed by atoms with van der Waals surface area (Å²) in [6.45, 7) is 9.98. The molecule has 0 unspecified atom stereocenters. The lowest BCUT2D eigenvalue weighted by molar-refractivity contribution is 0.0684. The Kier molecular flexibility index (Phi) is 5.11. The van der Waals surface area contributed by atoms with Gasteiger partial charge in [0.15, 0.2) is 5.69 Å². The first-order valence-corrected chi connectivity index (χ1v) is 8.90. The van der Waals surface area contributed by atoms with E-state index >= 15 is 0 Å². The molecule has 0 bridgehead atoms. The highest BCUT2D eigenvalue weighted by Crippen LogP contribution is 2.25. The number of carbonyl (C=O) groups excluding carboxylic acids is 1. The van der Waals surface area contributed by atoms with E-state index in [4.69, 9.17) is 9.26 Å². The van der Waals surface area contributed by atoms with Gasteiger partial charge in [0, 0.05) is 13.1 Å². The van der Waals surface area contributed by atoms with E-state index in [0.717, 1.165) is 42.8 Å². The Labute approximate surface area is 148 Å². The fourth-order valence-electron chi connectivity index (χ4n) is 3.12. The molecule has 5 heteroatoms. The van der Waals surface area contributed by atoms with Crippen molar-refractivity contribution in [2.24, 2.45) is 5.92 Å². The van der Waals surface area contributed by atoms with Gasteiger partial charge in [-0.1, -0.05) is 24.2 Å². The van der Waals surface area contributed by atoms with Crippen LogP contribution in [0, 0.1) is 26.7 Å². The molecule has 2 heterocycles. The van der Waals surface area contributed by atoms with Crippen LogP contribution in [0.1, 0.15) is 52.7 Å². The standard InChI is InChI=1S/C20H26N2O3/c1-13-8-10-22(11-9-13)20(23)19-17(16(4)25-21-19)12-24-18-7-5-6-14(2)15(18)3/h5-7,13H,8-12H2,1-4H3. The number of piperidine rings is 1. The normalized spacial score (nSPS) is 15.4. The Morgan fingerprint density at radius 3 is 2.72 bits per heavy atom. The van der Waals surface area contributed by atoms with Crippen LogP contribution in [0.5, 0.6) is 5.75 Å². The third-order valence-corrected chi connectivity index (χ3v) is 5.19. The van der Waals surface area contributed by atoms with Crippen molar-refractivity contribution in [2.75, 3.05) is 13.1 Å². The number of rotatable bonds is 4. The number of ether oxygens (including phenoxy) is 1. The van der Waals surface area contributed by atoms with Gasteiger partial charge in [0.1, 0.15) is 18.1 Å². The summed E-state index contributed by atoms with van der Waals surface area (Å²) >= 11 is 0. The van der Waals surface area contributed by atoms with E-state index in [0.29, 0.717) is 17.4 Å². The molecule has 0 atom stereocenters. The third-order valence-electron chi connectivity index (χ3n) is 5.19. The molecule has 0 saturated carbocycles. The maximum Gasteiger partial charge on any atom is 0.276 e. The SMILES string of the molecule is Cc1cccc(OCc2c(C(=O)N3CCC(C)CC3)noc2C)c1C. The van der Waals surface area contributed by atoms with E-state index in [1.807, 2.05) is 30.9 Å². The highest BCUT2D eigenvalue weighted by Gasteiger charge is 2.27. The molecule has 1 aromatic heterocycles. The lowest BCUT2D eigenvalue weighted by Gasteiger charge is -2.29. The molecule has 5 nitrogen and oxygen atoms in total. The number of hydrogen-bond acceptors (Lipinski definition) is 4. The van der Waals surface area contributed by atoms with Crippen LogP contribution in [0.4, 0.5) is 0 Å². The second-order valence-corrected chi connectivity index (χ2v) is 7.03. The molecule has 134 valence electrons. The van der Waals surface area contributed by atoms with Gasteiger partial charge in [-0.05, 0) is 56.7 Å². The van der Waals surface area contributed by atoms with E-state index in [-0.39, 0.29) is 12.5 Å². The Bertz CT molecular complexity index is 758. The van der Waals surface area contributed by atoms with E-state index in [9.17, 15) is 4.79 Å². The zero-order valence-electron chi connectivity index (χ0n) is 15.5. The first-order chi connectivity index (χ1) is 12.0. The molecule has 0 radical (unpaired) electrons. The van der Waals surface area contributed by atoms with Crippen LogP contribution in [-0.4, -0.2) is 29.1 Å². The summed E-state index contributed by atoms with van der Waals surface area (Å²) in [6.07, 6.45) is 2.08. The maximum absolute atomic E-state index is 12.8. The zero-order chi connectivity index (χ0) is 18.0. The average molecular weight is 342 g/mol. The number of hydrogen-bond donors (Lipinski definition) is 0. The molecule has 0 aliphatic carbocycles. The zero-order valence-corrected chi connectivity index (χ0v) is 15.5. The number of aromatic nitrogens is 1. The quantitative estimate of drug-likeness (QED) is 0.841. The van der Waals surface area contributed by atoms with Gasteiger partial charge in [-0.15, -0.1) is 0 Å². The first-order valence-electron chi connectivity index (χ1n) is 8.90. The molecule has 2 aromatic rings. The Morgan fingerprint density at radius 2 is 2.00 bits per heavy atom. The molecule has 1 aliphatic heterocycles. The topological polar surface area (TPSA) is 55.6 Å². The molecule has 3 rings (SSSR count). The summed E-state index contributed by atoms with van der Waals surface area (Å²) in [6, 6.07) is 5.97. The number of carbonyl (C=O) groups is 1. The summed E-state index contributed by atoms with van der Waals surface area (Å²) in [7, 11) is 0. The molecule has 0 N–H and O–H groups in total. The van der Waals surface area contributed by atoms with Crippen LogP contribution >= 0.6 is 0 Å². The minimum atomic E-state index is -0.0525. The number of aryl methyl sites for hydroxylation is 2. The van der Waals surface area contributed by atoms with Crippen LogP contribution < -0.4 is 4.74 Å². The smallest absolute Gasteiger partial charge is 0.276 e. The van der Waals surface area contributed by atoms with Crippen LogP contribution in [0.2, 0.25) is 0 Å². The van der Waals surface area contributed by atoms with Crippen molar-refractivity contribution in [3.8, 4) is 5.75 Å². The summed E-state index contributed by atoms with van der Waals surface area (Å²) in [5, 5.41) is 4.02. The monoisotopic (exact) mass is 342 g/mol. The predicted octanol–water partition coefficient (Wildman–Crippen LogP) is 4.05. The molecule has 1 saturated heterocycles. The van der Waals surface area contributed by atoms with Gasteiger partial charge in [-0.3, -0.25) is 4.79 Å². The second kappa shape index (κ2) is 7.30. The number of nitrogens with zero attached hydrogens (tertiary/aromatic N) is 2. The Morgan fingerprint density at radius 1 is 1.28 bits per heavy atom. The van der Waals surface area contributed by atoms with Gasteiger partial charge in [0.25, 0.3) is 5.91 Å². The van der Waals surface area contributed by atoms with Crippen molar-refractivity contribution < 1.29 is 14.1 Å². The molecular formula is C20H26N2O3. The van der Waals surface area contributed by atoms with Gasteiger partial charge in [-0.25, -0.2) is 0 Å². The Balaban J connectivity index is 1.75. The fraction of sp³-hybridized carbons (Fsp3) is 0.500. The number of benzene rings is 1. The predicted molar refractivity (Wildman–Crippen MR) is 95.8 cm³/mol. The van der Waals surface area contributed by atoms with E-state index < -0.39 is 0 Å². The first kappa shape index (κ1) is 17.5. The Hall–Kier alpha value is -2.30. The number of amides is 1. The van der Waals surface area contributed by atoms with Gasteiger partial charge >= 0.3 is 0 Å². The average Bonchev–Trinajstić information content (AvgIpc) is 2.97. The molecular weight excluding hydrogens is 316 g/mol. The summed E-state index contributed by atoms with van der Waals surface area (Å²) in [5.74, 6) is 2.09. The lowest BCUT2D eigenvalue weighted by Crippen LogP contribution is -2.38. The summed E-state index contributed by atoms with van der Waals surface area (Å²) in [4.78, 5) is 14.7. The largest absolute Gasteiger partial charge is 0.488 e. The minimum absolute atomic E-state index is 0.0525. The van der Waals surface area contributed by atoms with Crippen molar-refractivity contribution in [2.45, 2.75) is 47.1 Å². The summed E-state index contributed by atoms with van der Waals surface area (Å²) in [5.41, 5.74) is 3.41. The fourth-order valence-corrected chi connectivity index (χ4v) is 3.12. The molecule has 1 fully saturated rings. The summed E-state index contributed by atoms with van der Waals surface area (Å²) < 4.78 is 11.3. The van der Waals surface area contributed by atoms with E-state index in [1.54, 1.807) is 0 Å². The van der Waals surface area contributed by atoms with Crippen LogP contribution in [-0.2, 0) is 6.61 Å². The second-order valence-electron chi connectivity index (χ2n) is 7.03. The highest BCUT2D eigenvalue weighted by molar-refractivity contribution is 5.93. The van der Waals surface area contributed by atoms with Gasteiger partial charge in [0.05, 0.1) is 5.56 Å². The van der Waals surface area contributed by atoms with Crippen molar-refractivity contribution in [3.05, 3.63) is 46.3 Å². The molecule has 1 aromatic carbocycles. The molecule has 1 amide bonds. The van der Waals surface area contributed by atoms with Gasteiger partial charge in [0.2, 0.25) is 0 Å². The van der Waals surface area contributed by atoms with Crippen molar-refractivity contribution >= 4 is 5.91 Å². The van der Waals surface area contributed by atoms with Crippen LogP contribution in [0.3, 0.4) is 0 Å². The van der Waals surface area contributed by atoms with Crippen molar-refractivity contribution in [1.82, 2.24) is 10.1 Å². The molecule has 0 spiro atoms. The molecule has 1 aliphatic rings. The van der Waals surface area contributed by atoms with Crippen LogP contribution in [0.25, 0.3) is 0 Å². The third kappa shape index (κ3) is 3.70. The maximum atomic E-state index is 12.8. The number of likely N-dealkylation sites (tertiary alicyclic amines) is 1. The van der Waals surface area contributed by atoms with Crippen LogP contribution in [0.15, 0.2) is 22.7 Å². The minimum Gasteiger partial charge on any atom is -0.488 e. The highest BCUT2D eigenvalue weighted by atomic mass is 16.5. The lowest BCUT2D eigenvalue weighted by atomic mass is 9.99. The van der Waals surface area contributed by atoms with E-state index in [2.05, 4.69) is 25.1 Å². The van der Waals surface area contributed by atoms with E-state index in [1.165, 1.54) is 5.56 Å². The van der Waals surface area contributed by atoms with Gasteiger partial charge < -0.3 is 14.2 Å². The molecule has 25 heavy (non-hydrogen) atoms. The van der Waals surface area contributed by atoms with Crippen molar-refractivity contribution in [3.63, 3.8) is 0 Å². The van der Waals surface area contributed by atoms with Gasteiger partial charge in [-0.2, -0.15) is 0 Å².